The molecule has 2 amide bonds. The van der Waals surface area contributed by atoms with E-state index in [9.17, 15) is 9.59 Å². The van der Waals surface area contributed by atoms with E-state index in [1.165, 1.54) is 0 Å². The molecule has 1 aromatic carbocycles. The summed E-state index contributed by atoms with van der Waals surface area (Å²) in [7, 11) is 5.33. The van der Waals surface area contributed by atoms with E-state index >= 15 is 0 Å². The molecule has 7 nitrogen and oxygen atoms in total. The molecular formula is C22H33N3O4. The molecule has 2 saturated heterocycles. The number of rotatable bonds is 5. The van der Waals surface area contributed by atoms with Crippen LogP contribution >= 0.6 is 0 Å². The Morgan fingerprint density at radius 3 is 2.28 bits per heavy atom. The average Bonchev–Trinajstić information content (AvgIpc) is 3.17. The second-order valence-corrected chi connectivity index (χ2v) is 8.35. The molecule has 0 radical (unpaired) electrons. The molecule has 0 aliphatic carbocycles. The van der Waals surface area contributed by atoms with E-state index in [1.54, 1.807) is 14.2 Å². The lowest BCUT2D eigenvalue weighted by molar-refractivity contribution is -0.138. The first-order valence-electron chi connectivity index (χ1n) is 10.3. The molecule has 2 aliphatic heterocycles. The van der Waals surface area contributed by atoms with Crippen LogP contribution in [0.5, 0.6) is 11.5 Å². The summed E-state index contributed by atoms with van der Waals surface area (Å²) in [5.74, 6) is 1.18. The van der Waals surface area contributed by atoms with Gasteiger partial charge in [0.2, 0.25) is 11.8 Å². The van der Waals surface area contributed by atoms with Crippen molar-refractivity contribution in [3.8, 4) is 11.5 Å². The molecule has 2 fully saturated rings. The van der Waals surface area contributed by atoms with Crippen molar-refractivity contribution in [1.82, 2.24) is 14.7 Å². The van der Waals surface area contributed by atoms with Gasteiger partial charge in [0, 0.05) is 56.7 Å². The Labute approximate surface area is 173 Å². The van der Waals surface area contributed by atoms with Gasteiger partial charge in [0.1, 0.15) is 11.5 Å². The summed E-state index contributed by atoms with van der Waals surface area (Å²) in [5, 5.41) is 0. The Bertz CT molecular complexity index is 744. The minimum Gasteiger partial charge on any atom is -0.497 e. The van der Waals surface area contributed by atoms with Crippen LogP contribution < -0.4 is 9.47 Å². The third kappa shape index (κ3) is 4.50. The zero-order valence-corrected chi connectivity index (χ0v) is 18.2. The van der Waals surface area contributed by atoms with Crippen molar-refractivity contribution in [2.24, 2.45) is 11.8 Å². The molecule has 2 heterocycles. The molecule has 1 aromatic rings. The van der Waals surface area contributed by atoms with Gasteiger partial charge >= 0.3 is 0 Å². The summed E-state index contributed by atoms with van der Waals surface area (Å²) in [4.78, 5) is 32.2. The quantitative estimate of drug-likeness (QED) is 0.749. The summed E-state index contributed by atoms with van der Waals surface area (Å²) in [6, 6.07) is 5.67. The highest BCUT2D eigenvalue weighted by atomic mass is 16.5. The SMILES string of the molecule is COc1ccc(OC)c([C@H]2CN(C(=O)C(C)C)C[C@@H]2C(=O)N2CCN(C)CC2)c1. The Hall–Kier alpha value is -2.28. The van der Waals surface area contributed by atoms with Gasteiger partial charge in [0.05, 0.1) is 20.1 Å². The Balaban J connectivity index is 1.93. The third-order valence-electron chi connectivity index (χ3n) is 6.09. The molecule has 0 unspecified atom stereocenters. The van der Waals surface area contributed by atoms with E-state index in [2.05, 4.69) is 11.9 Å². The third-order valence-corrected chi connectivity index (χ3v) is 6.09. The first-order chi connectivity index (χ1) is 13.8. The summed E-state index contributed by atoms with van der Waals surface area (Å²) >= 11 is 0. The van der Waals surface area contributed by atoms with Crippen LogP contribution in [-0.2, 0) is 9.59 Å². The van der Waals surface area contributed by atoms with Crippen LogP contribution in [0.1, 0.15) is 25.3 Å². The zero-order valence-electron chi connectivity index (χ0n) is 18.2. The molecule has 7 heteroatoms. The number of benzene rings is 1. The van der Waals surface area contributed by atoms with Gasteiger partial charge in [-0.15, -0.1) is 0 Å². The lowest BCUT2D eigenvalue weighted by Gasteiger charge is -2.35. The van der Waals surface area contributed by atoms with Crippen molar-refractivity contribution in [2.45, 2.75) is 19.8 Å². The summed E-state index contributed by atoms with van der Waals surface area (Å²) in [6.45, 7) is 7.98. The lowest BCUT2D eigenvalue weighted by atomic mass is 9.87. The van der Waals surface area contributed by atoms with Gasteiger partial charge in [-0.1, -0.05) is 13.8 Å². The molecular weight excluding hydrogens is 370 g/mol. The number of likely N-dealkylation sites (N-methyl/N-ethyl adjacent to an activating group) is 1. The number of methoxy groups -OCH3 is 2. The smallest absolute Gasteiger partial charge is 0.228 e. The van der Waals surface area contributed by atoms with E-state index in [0.717, 1.165) is 43.2 Å². The molecule has 0 N–H and O–H groups in total. The Morgan fingerprint density at radius 1 is 1.00 bits per heavy atom. The maximum atomic E-state index is 13.5. The van der Waals surface area contributed by atoms with E-state index in [4.69, 9.17) is 9.47 Å². The van der Waals surface area contributed by atoms with Crippen LogP contribution in [0.25, 0.3) is 0 Å². The van der Waals surface area contributed by atoms with Crippen molar-refractivity contribution >= 4 is 11.8 Å². The predicted molar refractivity (Wildman–Crippen MR) is 111 cm³/mol. The normalized spacial score (nSPS) is 22.8. The molecule has 2 aliphatic rings. The van der Waals surface area contributed by atoms with Crippen LogP contribution in [0.15, 0.2) is 18.2 Å². The number of carbonyl (C=O) groups is 2. The second-order valence-electron chi connectivity index (χ2n) is 8.35. The van der Waals surface area contributed by atoms with Crippen molar-refractivity contribution in [3.05, 3.63) is 23.8 Å². The highest BCUT2D eigenvalue weighted by Crippen LogP contribution is 2.40. The van der Waals surface area contributed by atoms with Gasteiger partial charge in [0.15, 0.2) is 0 Å². The summed E-state index contributed by atoms with van der Waals surface area (Å²) in [5.41, 5.74) is 0.929. The first-order valence-corrected chi connectivity index (χ1v) is 10.3. The van der Waals surface area contributed by atoms with Gasteiger partial charge < -0.3 is 24.2 Å². The first kappa shape index (κ1) is 21.4. The molecule has 0 spiro atoms. The summed E-state index contributed by atoms with van der Waals surface area (Å²) in [6.07, 6.45) is 0. The topological polar surface area (TPSA) is 62.3 Å². The van der Waals surface area contributed by atoms with Crippen molar-refractivity contribution < 1.29 is 19.1 Å². The fourth-order valence-corrected chi connectivity index (χ4v) is 4.30. The zero-order chi connectivity index (χ0) is 21.1. The number of carbonyl (C=O) groups excluding carboxylic acids is 2. The van der Waals surface area contributed by atoms with Gasteiger partial charge in [-0.3, -0.25) is 9.59 Å². The minimum absolute atomic E-state index is 0.0885. The van der Waals surface area contributed by atoms with Gasteiger partial charge in [0.25, 0.3) is 0 Å². The molecule has 160 valence electrons. The number of hydrogen-bond donors (Lipinski definition) is 0. The van der Waals surface area contributed by atoms with Crippen LogP contribution in [0.2, 0.25) is 0 Å². The van der Waals surface area contributed by atoms with Gasteiger partial charge in [-0.2, -0.15) is 0 Å². The molecule has 0 bridgehead atoms. The van der Waals surface area contributed by atoms with Crippen molar-refractivity contribution in [3.63, 3.8) is 0 Å². The number of ether oxygens (including phenoxy) is 2. The molecule has 2 atom stereocenters. The van der Waals surface area contributed by atoms with E-state index in [1.807, 2.05) is 41.8 Å². The number of hydrogen-bond acceptors (Lipinski definition) is 5. The van der Waals surface area contributed by atoms with Crippen LogP contribution in [0.3, 0.4) is 0 Å². The second kappa shape index (κ2) is 9.03. The molecule has 0 aromatic heterocycles. The molecule has 3 rings (SSSR count). The van der Waals surface area contributed by atoms with Gasteiger partial charge in [-0.25, -0.2) is 0 Å². The number of nitrogens with zero attached hydrogens (tertiary/aromatic N) is 3. The van der Waals surface area contributed by atoms with Crippen LogP contribution in [-0.4, -0.2) is 87.0 Å². The van der Waals surface area contributed by atoms with Crippen LogP contribution in [0.4, 0.5) is 0 Å². The van der Waals surface area contributed by atoms with Crippen LogP contribution in [0, 0.1) is 11.8 Å². The Kier molecular flexibility index (Phi) is 6.67. The van der Waals surface area contributed by atoms with Crippen molar-refractivity contribution in [2.75, 3.05) is 60.5 Å². The molecule has 0 saturated carbocycles. The fourth-order valence-electron chi connectivity index (χ4n) is 4.30. The van der Waals surface area contributed by atoms with E-state index < -0.39 is 0 Å². The predicted octanol–water partition coefficient (Wildman–Crippen LogP) is 1.68. The highest BCUT2D eigenvalue weighted by molar-refractivity contribution is 5.84. The van der Waals surface area contributed by atoms with E-state index in [-0.39, 0.29) is 29.6 Å². The Morgan fingerprint density at radius 2 is 1.69 bits per heavy atom. The standard InChI is InChI=1S/C22H33N3O4/c1-15(2)21(26)25-13-18(17-12-16(28-4)6-7-20(17)29-5)19(14-25)22(27)24-10-8-23(3)9-11-24/h6-7,12,15,18-19H,8-11,13-14H2,1-5H3/t18-,19+/m1/s1. The monoisotopic (exact) mass is 403 g/mol. The fraction of sp³-hybridized carbons (Fsp3) is 0.636. The van der Waals surface area contributed by atoms with E-state index in [0.29, 0.717) is 13.1 Å². The molecule has 29 heavy (non-hydrogen) atoms. The average molecular weight is 404 g/mol. The largest absolute Gasteiger partial charge is 0.497 e. The van der Waals surface area contributed by atoms with Crippen molar-refractivity contribution in [1.29, 1.82) is 0 Å². The lowest BCUT2D eigenvalue weighted by Crippen LogP contribution is -2.50. The maximum Gasteiger partial charge on any atom is 0.228 e. The number of piperazine rings is 1. The number of amides is 2. The highest BCUT2D eigenvalue weighted by Gasteiger charge is 2.43. The maximum absolute atomic E-state index is 13.5. The van der Waals surface area contributed by atoms with Gasteiger partial charge in [-0.05, 0) is 25.2 Å². The minimum atomic E-state index is -0.276. The summed E-state index contributed by atoms with van der Waals surface area (Å²) < 4.78 is 11.0. The number of likely N-dealkylation sites (tertiary alicyclic amines) is 1.